The lowest BCUT2D eigenvalue weighted by molar-refractivity contribution is -0.123. The summed E-state index contributed by atoms with van der Waals surface area (Å²) in [6.45, 7) is 4.39. The van der Waals surface area contributed by atoms with Gasteiger partial charge in [-0.15, -0.1) is 0 Å². The molecule has 100 valence electrons. The molecule has 0 aromatic carbocycles. The quantitative estimate of drug-likeness (QED) is 0.788. The van der Waals surface area contributed by atoms with Crippen molar-refractivity contribution in [3.8, 4) is 0 Å². The van der Waals surface area contributed by atoms with E-state index in [0.717, 1.165) is 19.5 Å². The van der Waals surface area contributed by atoms with Crippen molar-refractivity contribution in [1.29, 1.82) is 0 Å². The molecule has 17 heavy (non-hydrogen) atoms. The van der Waals surface area contributed by atoms with Crippen LogP contribution in [0.3, 0.4) is 0 Å². The van der Waals surface area contributed by atoms with Gasteiger partial charge in [-0.1, -0.05) is 32.6 Å². The van der Waals surface area contributed by atoms with Crippen LogP contribution in [0.25, 0.3) is 0 Å². The second-order valence-electron chi connectivity index (χ2n) is 6.16. The highest BCUT2D eigenvalue weighted by atomic mass is 16.3. The zero-order valence-electron chi connectivity index (χ0n) is 11.1. The molecular weight excluding hydrogens is 214 g/mol. The fraction of sp³-hybridized carbons (Fsp3) is 1.00. The predicted molar refractivity (Wildman–Crippen MR) is 68.9 cm³/mol. The summed E-state index contributed by atoms with van der Waals surface area (Å²) in [5.74, 6) is 0. The van der Waals surface area contributed by atoms with Crippen LogP contribution >= 0.6 is 0 Å². The third-order valence-electron chi connectivity index (χ3n) is 5.13. The van der Waals surface area contributed by atoms with E-state index in [1.165, 1.54) is 38.5 Å². The SMILES string of the molecule is CCC(CO)(CO)N1CC2(CCCCCC2)C1. The number of hydrogen-bond acceptors (Lipinski definition) is 3. The predicted octanol–water partition coefficient (Wildman–Crippen LogP) is 1.78. The molecular formula is C14H27NO2. The van der Waals surface area contributed by atoms with Crippen molar-refractivity contribution in [2.24, 2.45) is 5.41 Å². The Hall–Kier alpha value is -0.120. The number of nitrogens with zero attached hydrogens (tertiary/aromatic N) is 1. The second-order valence-corrected chi connectivity index (χ2v) is 6.16. The summed E-state index contributed by atoms with van der Waals surface area (Å²) in [5, 5.41) is 19.1. The molecule has 0 radical (unpaired) electrons. The van der Waals surface area contributed by atoms with Crippen molar-refractivity contribution in [2.45, 2.75) is 57.4 Å². The van der Waals surface area contributed by atoms with Gasteiger partial charge in [0.25, 0.3) is 0 Å². The molecule has 0 aromatic rings. The van der Waals surface area contributed by atoms with Crippen LogP contribution in [0.1, 0.15) is 51.9 Å². The van der Waals surface area contributed by atoms with Crippen molar-refractivity contribution < 1.29 is 10.2 Å². The van der Waals surface area contributed by atoms with Crippen molar-refractivity contribution in [2.75, 3.05) is 26.3 Å². The van der Waals surface area contributed by atoms with Gasteiger partial charge in [-0.2, -0.15) is 0 Å². The molecule has 2 rings (SSSR count). The van der Waals surface area contributed by atoms with Gasteiger partial charge in [0.2, 0.25) is 0 Å². The molecule has 2 aliphatic rings. The Morgan fingerprint density at radius 1 is 1.00 bits per heavy atom. The minimum atomic E-state index is -0.364. The van der Waals surface area contributed by atoms with E-state index >= 15 is 0 Å². The van der Waals surface area contributed by atoms with Gasteiger partial charge in [-0.05, 0) is 24.7 Å². The molecule has 0 atom stereocenters. The summed E-state index contributed by atoms with van der Waals surface area (Å²) in [7, 11) is 0. The Morgan fingerprint density at radius 2 is 1.53 bits per heavy atom. The van der Waals surface area contributed by atoms with Crippen LogP contribution in [0.2, 0.25) is 0 Å². The third-order valence-corrected chi connectivity index (χ3v) is 5.13. The van der Waals surface area contributed by atoms with Crippen molar-refractivity contribution in [1.82, 2.24) is 4.90 Å². The Labute approximate surface area is 105 Å². The summed E-state index contributed by atoms with van der Waals surface area (Å²) >= 11 is 0. The lowest BCUT2D eigenvalue weighted by Crippen LogP contribution is -2.67. The average molecular weight is 241 g/mol. The number of aliphatic hydroxyl groups excluding tert-OH is 2. The minimum absolute atomic E-state index is 0.0794. The number of aliphatic hydroxyl groups is 2. The standard InChI is InChI=1S/C14H27NO2/c1-2-14(11-16,12-17)15-9-13(10-15)7-5-3-4-6-8-13/h16-17H,2-12H2,1H3. The highest BCUT2D eigenvalue weighted by Crippen LogP contribution is 2.45. The van der Waals surface area contributed by atoms with E-state index in [1.807, 2.05) is 0 Å². The van der Waals surface area contributed by atoms with Crippen LogP contribution < -0.4 is 0 Å². The number of rotatable bonds is 4. The normalized spacial score (nSPS) is 25.6. The zero-order chi connectivity index (χ0) is 12.4. The van der Waals surface area contributed by atoms with Gasteiger partial charge in [0.05, 0.1) is 18.8 Å². The largest absolute Gasteiger partial charge is 0.394 e. The lowest BCUT2D eigenvalue weighted by Gasteiger charge is -2.57. The Bertz CT molecular complexity index is 226. The lowest BCUT2D eigenvalue weighted by atomic mass is 9.71. The fourth-order valence-electron chi connectivity index (χ4n) is 3.59. The average Bonchev–Trinajstić information content (AvgIpc) is 2.57. The molecule has 2 fully saturated rings. The van der Waals surface area contributed by atoms with Crippen LogP contribution in [0.15, 0.2) is 0 Å². The van der Waals surface area contributed by atoms with Crippen LogP contribution in [-0.4, -0.2) is 47.0 Å². The maximum absolute atomic E-state index is 9.55. The molecule has 1 aliphatic heterocycles. The van der Waals surface area contributed by atoms with Gasteiger partial charge < -0.3 is 10.2 Å². The van der Waals surface area contributed by atoms with Gasteiger partial charge in [0.15, 0.2) is 0 Å². The van der Waals surface area contributed by atoms with Crippen LogP contribution in [0, 0.1) is 5.41 Å². The van der Waals surface area contributed by atoms with Crippen LogP contribution in [-0.2, 0) is 0 Å². The van der Waals surface area contributed by atoms with Crippen LogP contribution in [0.5, 0.6) is 0 Å². The minimum Gasteiger partial charge on any atom is -0.394 e. The first-order valence-corrected chi connectivity index (χ1v) is 7.17. The molecule has 0 unspecified atom stereocenters. The molecule has 1 heterocycles. The van der Waals surface area contributed by atoms with E-state index in [1.54, 1.807) is 0 Å². The van der Waals surface area contributed by atoms with E-state index in [4.69, 9.17) is 0 Å². The van der Waals surface area contributed by atoms with Gasteiger partial charge in [-0.25, -0.2) is 0 Å². The molecule has 1 saturated heterocycles. The first kappa shape index (κ1) is 13.3. The van der Waals surface area contributed by atoms with E-state index in [0.29, 0.717) is 5.41 Å². The molecule has 0 bridgehead atoms. The maximum atomic E-state index is 9.55. The molecule has 3 heteroatoms. The zero-order valence-corrected chi connectivity index (χ0v) is 11.1. The number of hydrogen-bond donors (Lipinski definition) is 2. The first-order valence-electron chi connectivity index (χ1n) is 7.17. The Morgan fingerprint density at radius 3 is 1.94 bits per heavy atom. The molecule has 1 aliphatic carbocycles. The Kier molecular flexibility index (Phi) is 4.11. The second kappa shape index (κ2) is 5.25. The van der Waals surface area contributed by atoms with Crippen molar-refractivity contribution >= 4 is 0 Å². The highest BCUT2D eigenvalue weighted by Gasteiger charge is 2.49. The summed E-state index contributed by atoms with van der Waals surface area (Å²) in [6.07, 6.45) is 9.04. The van der Waals surface area contributed by atoms with E-state index < -0.39 is 0 Å². The summed E-state index contributed by atoms with van der Waals surface area (Å²) in [5.41, 5.74) is 0.152. The molecule has 2 N–H and O–H groups in total. The first-order chi connectivity index (χ1) is 8.20. The third kappa shape index (κ3) is 2.38. The summed E-state index contributed by atoms with van der Waals surface area (Å²) < 4.78 is 0. The molecule has 0 amide bonds. The number of likely N-dealkylation sites (tertiary alicyclic amines) is 1. The highest BCUT2D eigenvalue weighted by molar-refractivity contribution is 5.03. The molecule has 0 aromatic heterocycles. The van der Waals surface area contributed by atoms with Gasteiger partial charge in [-0.3, -0.25) is 4.90 Å². The van der Waals surface area contributed by atoms with Gasteiger partial charge in [0, 0.05) is 13.1 Å². The van der Waals surface area contributed by atoms with Crippen LogP contribution in [0.4, 0.5) is 0 Å². The van der Waals surface area contributed by atoms with Gasteiger partial charge >= 0.3 is 0 Å². The van der Waals surface area contributed by atoms with Gasteiger partial charge in [0.1, 0.15) is 0 Å². The monoisotopic (exact) mass is 241 g/mol. The fourth-order valence-corrected chi connectivity index (χ4v) is 3.59. The smallest absolute Gasteiger partial charge is 0.0670 e. The molecule has 1 spiro atoms. The van der Waals surface area contributed by atoms with Crippen molar-refractivity contribution in [3.05, 3.63) is 0 Å². The summed E-state index contributed by atoms with van der Waals surface area (Å²) in [4.78, 5) is 2.32. The van der Waals surface area contributed by atoms with Crippen molar-refractivity contribution in [3.63, 3.8) is 0 Å². The van der Waals surface area contributed by atoms with E-state index in [-0.39, 0.29) is 18.8 Å². The molecule has 3 nitrogen and oxygen atoms in total. The molecule has 1 saturated carbocycles. The summed E-state index contributed by atoms with van der Waals surface area (Å²) in [6, 6.07) is 0. The maximum Gasteiger partial charge on any atom is 0.0670 e. The Balaban J connectivity index is 1.95. The topological polar surface area (TPSA) is 43.7 Å². The van der Waals surface area contributed by atoms with E-state index in [2.05, 4.69) is 11.8 Å². The van der Waals surface area contributed by atoms with E-state index in [9.17, 15) is 10.2 Å².